The van der Waals surface area contributed by atoms with Crippen molar-refractivity contribution in [3.8, 4) is 0 Å². The number of esters is 2. The number of carbonyl (C=O) groups excluding carboxylic acids is 4. The van der Waals surface area contributed by atoms with E-state index in [4.69, 9.17) is 18.9 Å². The normalized spacial score (nSPS) is 10.5. The van der Waals surface area contributed by atoms with Gasteiger partial charge in [-0.1, -0.05) is 240 Å². The van der Waals surface area contributed by atoms with Crippen molar-refractivity contribution in [1.29, 1.82) is 0 Å². The van der Waals surface area contributed by atoms with Crippen LogP contribution >= 0.6 is 15.9 Å². The molecule has 0 aromatic rings. The van der Waals surface area contributed by atoms with Gasteiger partial charge in [0.05, 0.1) is 19.1 Å². The quantitative estimate of drug-likeness (QED) is 0.0177. The third-order valence-corrected chi connectivity index (χ3v) is 12.6. The zero-order valence-corrected chi connectivity index (χ0v) is 58.9. The van der Waals surface area contributed by atoms with E-state index >= 15 is 0 Å². The third kappa shape index (κ3) is 89.0. The molecule has 0 saturated heterocycles. The summed E-state index contributed by atoms with van der Waals surface area (Å²) < 4.78 is 21.7. The van der Waals surface area contributed by atoms with Gasteiger partial charge in [-0.05, 0) is 119 Å². The van der Waals surface area contributed by atoms with Crippen LogP contribution < -0.4 is 16.0 Å². The first kappa shape index (κ1) is 92.3. The predicted molar refractivity (Wildman–Crippen MR) is 358 cm³/mol. The summed E-state index contributed by atoms with van der Waals surface area (Å²) in [6.07, 6.45) is 36.4. The topological polar surface area (TPSA) is 145 Å². The number of rotatable bonds is 46. The number of hydrogen-bond donors (Lipinski definition) is 3. The number of carbonyl (C=O) groups is 4. The fourth-order valence-corrected chi connectivity index (χ4v) is 8.31. The van der Waals surface area contributed by atoms with Gasteiger partial charge >= 0.3 is 24.1 Å². The standard InChI is InChI=1S/C49H96N2O6.C7H14BrNO2.C4H11N.3C2H6.C2H4/c1-7-10-13-16-19-20-21-25-31-38-46(52)55-43-35-28-33-41-51(42-39-50-48(54)57-49(4,5)6)40-32-26-22-27-34-44-56-47(53)45(36-29-23-17-14-11-8-2)37-30-24-18-15-12-9-3;1-7(2,3)11-6(10)9-5-4-8;1-3-5-4-2;4*1-2/h45H,7-44H2,1-6H3,(H,50,54);4-5H2,1-3H3,(H,9,10);5H,3-4H2,1-2H3;3*1-2H3;1-2H2. The maximum absolute atomic E-state index is 13.1. The highest BCUT2D eigenvalue weighted by Gasteiger charge is 2.20. The second kappa shape index (κ2) is 77.6. The van der Waals surface area contributed by atoms with Gasteiger partial charge in [0.2, 0.25) is 0 Å². The molecular formula is C68H143BrN4O8. The molecule has 0 aliphatic heterocycles. The van der Waals surface area contributed by atoms with Crippen molar-refractivity contribution >= 4 is 40.1 Å². The average Bonchev–Trinajstić information content (AvgIpc) is 3.44. The van der Waals surface area contributed by atoms with Gasteiger partial charge in [-0.2, -0.15) is 0 Å². The van der Waals surface area contributed by atoms with Crippen molar-refractivity contribution in [2.75, 3.05) is 64.4 Å². The van der Waals surface area contributed by atoms with Crippen LogP contribution in [0.2, 0.25) is 0 Å². The van der Waals surface area contributed by atoms with Crippen LogP contribution in [0.3, 0.4) is 0 Å². The Hall–Kier alpha value is -2.38. The van der Waals surface area contributed by atoms with Gasteiger partial charge in [0, 0.05) is 31.4 Å². The van der Waals surface area contributed by atoms with Crippen LogP contribution in [-0.2, 0) is 28.5 Å². The second-order valence-electron chi connectivity index (χ2n) is 21.9. The maximum atomic E-state index is 13.1. The molecule has 490 valence electrons. The first-order chi connectivity index (χ1) is 39.0. The largest absolute Gasteiger partial charge is 0.466 e. The fraction of sp³-hybridized carbons (Fsp3) is 0.912. The molecule has 0 aromatic heterocycles. The van der Waals surface area contributed by atoms with E-state index in [1.165, 1.54) is 109 Å². The molecule has 13 heteroatoms. The second-order valence-corrected chi connectivity index (χ2v) is 22.7. The average molecular weight is 1220 g/mol. The molecule has 0 saturated carbocycles. The monoisotopic (exact) mass is 1220 g/mol. The van der Waals surface area contributed by atoms with Crippen molar-refractivity contribution in [1.82, 2.24) is 20.9 Å². The SMILES string of the molecule is C=C.CC.CC.CC.CC(C)(C)OC(=O)NCCBr.CCCCCCCCCCCC(=O)OCCCCCN(CCCCCCCOC(=O)C(CCCCCCCC)CCCCCCCC)CCNC(=O)OC(C)(C)C.CCNCC. The van der Waals surface area contributed by atoms with Crippen molar-refractivity contribution in [3.05, 3.63) is 13.2 Å². The van der Waals surface area contributed by atoms with Gasteiger partial charge in [0.1, 0.15) is 11.2 Å². The minimum absolute atomic E-state index is 0.0417. The molecule has 0 spiro atoms. The summed E-state index contributed by atoms with van der Waals surface area (Å²) in [6, 6.07) is 0. The third-order valence-electron chi connectivity index (χ3n) is 12.2. The molecule has 0 bridgehead atoms. The Morgan fingerprint density at radius 2 is 0.778 bits per heavy atom. The molecule has 12 nitrogen and oxygen atoms in total. The summed E-state index contributed by atoms with van der Waals surface area (Å²) in [7, 11) is 0. The lowest BCUT2D eigenvalue weighted by molar-refractivity contribution is -0.149. The van der Waals surface area contributed by atoms with Crippen LogP contribution in [0.1, 0.15) is 323 Å². The number of hydrogen-bond acceptors (Lipinski definition) is 10. The number of amides is 2. The lowest BCUT2D eigenvalue weighted by Gasteiger charge is -2.24. The van der Waals surface area contributed by atoms with Crippen LogP contribution in [0.4, 0.5) is 9.59 Å². The van der Waals surface area contributed by atoms with Gasteiger partial charge in [-0.3, -0.25) is 9.59 Å². The van der Waals surface area contributed by atoms with E-state index in [9.17, 15) is 19.2 Å². The number of alkyl halides is 1. The van der Waals surface area contributed by atoms with E-state index in [1.807, 2.05) is 83.1 Å². The number of nitrogens with one attached hydrogen (secondary N) is 3. The molecule has 0 aliphatic carbocycles. The van der Waals surface area contributed by atoms with E-state index in [0.717, 1.165) is 128 Å². The highest BCUT2D eigenvalue weighted by molar-refractivity contribution is 9.09. The molecule has 0 rings (SSSR count). The molecule has 2 amide bonds. The van der Waals surface area contributed by atoms with E-state index in [2.05, 4.69) is 84.6 Å². The van der Waals surface area contributed by atoms with Gasteiger partial charge in [-0.15, -0.1) is 13.2 Å². The minimum atomic E-state index is -0.512. The smallest absolute Gasteiger partial charge is 0.407 e. The number of ether oxygens (including phenoxy) is 4. The Balaban J connectivity index is -0.000000382. The number of halogens is 1. The first-order valence-corrected chi connectivity index (χ1v) is 34.9. The number of alkyl carbamates (subject to hydrolysis) is 2. The molecule has 0 heterocycles. The van der Waals surface area contributed by atoms with E-state index in [-0.39, 0.29) is 30.0 Å². The maximum Gasteiger partial charge on any atom is 0.407 e. The lowest BCUT2D eigenvalue weighted by atomic mass is 9.94. The van der Waals surface area contributed by atoms with Gasteiger partial charge < -0.3 is 39.8 Å². The van der Waals surface area contributed by atoms with E-state index < -0.39 is 11.2 Å². The summed E-state index contributed by atoms with van der Waals surface area (Å²) in [5, 5.41) is 9.35. The van der Waals surface area contributed by atoms with Crippen LogP contribution in [0.5, 0.6) is 0 Å². The van der Waals surface area contributed by atoms with Crippen LogP contribution in [0.25, 0.3) is 0 Å². The van der Waals surface area contributed by atoms with Gasteiger partial charge in [0.25, 0.3) is 0 Å². The summed E-state index contributed by atoms with van der Waals surface area (Å²) in [5.41, 5.74) is -0.918. The molecule has 81 heavy (non-hydrogen) atoms. The molecule has 0 radical (unpaired) electrons. The summed E-state index contributed by atoms with van der Waals surface area (Å²) in [5.74, 6) is 0.0599. The molecule has 0 unspecified atom stereocenters. The Morgan fingerprint density at radius 1 is 0.444 bits per heavy atom. The Bertz CT molecular complexity index is 1210. The molecule has 0 fully saturated rings. The van der Waals surface area contributed by atoms with Crippen molar-refractivity contribution in [2.45, 2.75) is 334 Å². The van der Waals surface area contributed by atoms with E-state index in [1.54, 1.807) is 0 Å². The molecular weight excluding hydrogens is 1080 g/mol. The van der Waals surface area contributed by atoms with Gasteiger partial charge in [0.15, 0.2) is 0 Å². The zero-order chi connectivity index (χ0) is 63.1. The number of nitrogens with zero attached hydrogens (tertiary/aromatic N) is 1. The highest BCUT2D eigenvalue weighted by Crippen LogP contribution is 2.21. The first-order valence-electron chi connectivity index (χ1n) is 33.7. The molecule has 0 atom stereocenters. The van der Waals surface area contributed by atoms with Crippen molar-refractivity contribution < 1.29 is 38.1 Å². The fourth-order valence-electron chi connectivity index (χ4n) is 8.11. The van der Waals surface area contributed by atoms with Crippen molar-refractivity contribution in [3.63, 3.8) is 0 Å². The summed E-state index contributed by atoms with van der Waals surface area (Å²) >= 11 is 3.19. The van der Waals surface area contributed by atoms with Crippen LogP contribution in [0.15, 0.2) is 13.2 Å². The lowest BCUT2D eigenvalue weighted by Crippen LogP contribution is -2.38. The number of unbranched alkanes of at least 4 members (excludes halogenated alkanes) is 24. The Kier molecular flexibility index (Phi) is 88.5. The summed E-state index contributed by atoms with van der Waals surface area (Å²) in [6.45, 7) is 47.2. The van der Waals surface area contributed by atoms with Crippen LogP contribution in [-0.4, -0.2) is 105 Å². The zero-order valence-electron chi connectivity index (χ0n) is 57.3. The minimum Gasteiger partial charge on any atom is -0.466 e. The van der Waals surface area contributed by atoms with Gasteiger partial charge in [-0.25, -0.2) is 9.59 Å². The van der Waals surface area contributed by atoms with Crippen molar-refractivity contribution in [2.24, 2.45) is 5.92 Å². The molecule has 0 aromatic carbocycles. The van der Waals surface area contributed by atoms with Crippen LogP contribution in [0, 0.1) is 5.92 Å². The summed E-state index contributed by atoms with van der Waals surface area (Å²) in [4.78, 5) is 50.7. The predicted octanol–water partition coefficient (Wildman–Crippen LogP) is 20.5. The van der Waals surface area contributed by atoms with E-state index in [0.29, 0.717) is 32.7 Å². The molecule has 3 N–H and O–H groups in total. The Morgan fingerprint density at radius 3 is 1.15 bits per heavy atom. The Labute approximate surface area is 514 Å². The molecule has 0 aliphatic rings. The highest BCUT2D eigenvalue weighted by atomic mass is 79.9.